The molecule has 3 aromatic rings. The van der Waals surface area contributed by atoms with E-state index in [1.165, 1.54) is 19.2 Å². The Hall–Kier alpha value is -3.52. The maximum absolute atomic E-state index is 13.5. The quantitative estimate of drug-likeness (QED) is 0.401. The Labute approximate surface area is 214 Å². The molecule has 7 nitrogen and oxygen atoms in total. The molecule has 0 radical (unpaired) electrons. The van der Waals surface area contributed by atoms with E-state index in [4.69, 9.17) is 4.74 Å². The van der Waals surface area contributed by atoms with E-state index in [0.29, 0.717) is 23.5 Å². The van der Waals surface area contributed by atoms with Gasteiger partial charge in [0.25, 0.3) is 15.9 Å². The monoisotopic (exact) mass is 509 g/mol. The molecule has 0 aromatic heterocycles. The summed E-state index contributed by atoms with van der Waals surface area (Å²) >= 11 is 0. The average molecular weight is 510 g/mol. The zero-order valence-corrected chi connectivity index (χ0v) is 22.6. The molecule has 1 N–H and O–H groups in total. The van der Waals surface area contributed by atoms with Crippen LogP contribution in [0.15, 0.2) is 71.6 Å². The van der Waals surface area contributed by atoms with E-state index in [1.54, 1.807) is 24.3 Å². The summed E-state index contributed by atoms with van der Waals surface area (Å²) in [5.74, 6) is 0.525. The van der Waals surface area contributed by atoms with Crippen LogP contribution in [0.5, 0.6) is 5.75 Å². The highest BCUT2D eigenvalue weighted by Crippen LogP contribution is 2.28. The summed E-state index contributed by atoms with van der Waals surface area (Å²) < 4.78 is 33.8. The van der Waals surface area contributed by atoms with Crippen molar-refractivity contribution in [3.63, 3.8) is 0 Å². The lowest BCUT2D eigenvalue weighted by atomic mass is 10.1. The van der Waals surface area contributed by atoms with Crippen LogP contribution in [-0.4, -0.2) is 46.5 Å². The molecular formula is C28H35N3O4S. The van der Waals surface area contributed by atoms with E-state index in [2.05, 4.69) is 4.72 Å². The van der Waals surface area contributed by atoms with Gasteiger partial charge >= 0.3 is 0 Å². The number of benzene rings is 3. The van der Waals surface area contributed by atoms with Crippen molar-refractivity contribution in [3.8, 4) is 5.75 Å². The van der Waals surface area contributed by atoms with Gasteiger partial charge in [0.15, 0.2) is 0 Å². The molecule has 0 bridgehead atoms. The molecule has 0 fully saturated rings. The number of carbonyl (C=O) groups is 1. The molecule has 0 aliphatic rings. The third-order valence-corrected chi connectivity index (χ3v) is 7.57. The summed E-state index contributed by atoms with van der Waals surface area (Å²) in [6.45, 7) is 6.38. The van der Waals surface area contributed by atoms with Gasteiger partial charge < -0.3 is 14.5 Å². The number of carbonyl (C=O) groups excluding carboxylic acids is 1. The maximum atomic E-state index is 13.5. The Balaban J connectivity index is 1.96. The lowest BCUT2D eigenvalue weighted by Gasteiger charge is -2.31. The smallest absolute Gasteiger partial charge is 0.261 e. The first-order valence-corrected chi connectivity index (χ1v) is 13.4. The SMILES string of the molecule is CCC(C)N(Cc1cc(NS(=O)(=O)c2ccc(OC)cc2)ccc1N(C)C)C(=O)c1cccc(C)c1. The number of nitrogens with zero attached hydrogens (tertiary/aromatic N) is 2. The predicted octanol–water partition coefficient (Wildman–Crippen LogP) is 5.31. The third kappa shape index (κ3) is 6.37. The van der Waals surface area contributed by atoms with Gasteiger partial charge in [0.2, 0.25) is 0 Å². The molecule has 0 heterocycles. The lowest BCUT2D eigenvalue weighted by molar-refractivity contribution is 0.0672. The molecule has 1 unspecified atom stereocenters. The van der Waals surface area contributed by atoms with Crippen LogP contribution < -0.4 is 14.4 Å². The Morgan fingerprint density at radius 1 is 1.03 bits per heavy atom. The molecule has 1 amide bonds. The molecule has 8 heteroatoms. The Bertz CT molecular complexity index is 1300. The molecule has 3 rings (SSSR count). The second-order valence-corrected chi connectivity index (χ2v) is 10.8. The predicted molar refractivity (Wildman–Crippen MR) is 145 cm³/mol. The number of hydrogen-bond donors (Lipinski definition) is 1. The van der Waals surface area contributed by atoms with Crippen molar-refractivity contribution in [2.75, 3.05) is 30.8 Å². The zero-order valence-electron chi connectivity index (χ0n) is 21.8. The molecular weight excluding hydrogens is 474 g/mol. The summed E-state index contributed by atoms with van der Waals surface area (Å²) in [7, 11) is 1.58. The number of rotatable bonds is 10. The lowest BCUT2D eigenvalue weighted by Crippen LogP contribution is -2.38. The highest BCUT2D eigenvalue weighted by molar-refractivity contribution is 7.92. The maximum Gasteiger partial charge on any atom is 0.261 e. The molecule has 1 atom stereocenters. The number of hydrogen-bond acceptors (Lipinski definition) is 5. The van der Waals surface area contributed by atoms with Gasteiger partial charge in [-0.2, -0.15) is 0 Å². The molecule has 0 saturated heterocycles. The minimum atomic E-state index is -3.80. The van der Waals surface area contributed by atoms with Crippen molar-refractivity contribution < 1.29 is 17.9 Å². The van der Waals surface area contributed by atoms with E-state index in [0.717, 1.165) is 23.2 Å². The second-order valence-electron chi connectivity index (χ2n) is 9.08. The summed E-state index contributed by atoms with van der Waals surface area (Å²) in [6, 6.07) is 19.2. The number of aryl methyl sites for hydroxylation is 1. The van der Waals surface area contributed by atoms with Crippen LogP contribution in [-0.2, 0) is 16.6 Å². The summed E-state index contributed by atoms with van der Waals surface area (Å²) in [5.41, 5.74) is 3.84. The minimum Gasteiger partial charge on any atom is -0.497 e. The Morgan fingerprint density at radius 2 is 1.72 bits per heavy atom. The van der Waals surface area contributed by atoms with Crippen LogP contribution in [0, 0.1) is 6.92 Å². The van der Waals surface area contributed by atoms with E-state index in [9.17, 15) is 13.2 Å². The van der Waals surface area contributed by atoms with Crippen LogP contribution in [0.3, 0.4) is 0 Å². The summed E-state index contributed by atoms with van der Waals surface area (Å²) in [6.07, 6.45) is 0.790. The van der Waals surface area contributed by atoms with Crippen molar-refractivity contribution >= 4 is 27.3 Å². The first-order valence-electron chi connectivity index (χ1n) is 11.9. The molecule has 36 heavy (non-hydrogen) atoms. The van der Waals surface area contributed by atoms with Gasteiger partial charge in [0.05, 0.1) is 12.0 Å². The van der Waals surface area contributed by atoms with Gasteiger partial charge in [-0.15, -0.1) is 0 Å². The number of amides is 1. The Kier molecular flexibility index (Phi) is 8.63. The summed E-state index contributed by atoms with van der Waals surface area (Å²) in [4.78, 5) is 17.5. The van der Waals surface area contributed by atoms with E-state index < -0.39 is 10.0 Å². The first kappa shape index (κ1) is 27.1. The van der Waals surface area contributed by atoms with Crippen molar-refractivity contribution in [3.05, 3.63) is 83.4 Å². The normalized spacial score (nSPS) is 12.1. The average Bonchev–Trinajstić information content (AvgIpc) is 2.86. The zero-order chi connectivity index (χ0) is 26.5. The largest absolute Gasteiger partial charge is 0.497 e. The third-order valence-electron chi connectivity index (χ3n) is 6.17. The fourth-order valence-corrected chi connectivity index (χ4v) is 5.01. The molecule has 0 saturated carbocycles. The van der Waals surface area contributed by atoms with Crippen LogP contribution >= 0.6 is 0 Å². The van der Waals surface area contributed by atoms with Crippen LogP contribution in [0.2, 0.25) is 0 Å². The fraction of sp³-hybridized carbons (Fsp3) is 0.321. The fourth-order valence-electron chi connectivity index (χ4n) is 3.96. The second kappa shape index (κ2) is 11.5. The number of nitrogens with one attached hydrogen (secondary N) is 1. The summed E-state index contributed by atoms with van der Waals surface area (Å²) in [5, 5.41) is 0. The van der Waals surface area contributed by atoms with Gasteiger partial charge in [0.1, 0.15) is 5.75 Å². The molecule has 192 valence electrons. The first-order chi connectivity index (χ1) is 17.1. The Morgan fingerprint density at radius 3 is 2.31 bits per heavy atom. The molecule has 0 aliphatic carbocycles. The van der Waals surface area contributed by atoms with E-state index in [1.807, 2.05) is 75.0 Å². The number of ether oxygens (including phenoxy) is 1. The number of methoxy groups -OCH3 is 1. The highest BCUT2D eigenvalue weighted by Gasteiger charge is 2.23. The van der Waals surface area contributed by atoms with Gasteiger partial charge in [-0.05, 0) is 80.4 Å². The standard InChI is InChI=1S/C28H35N3O4S/c1-7-21(3)31(28(32)22-10-8-9-20(2)17-22)19-23-18-24(11-16-27(23)30(4)5)29-36(33,34)26-14-12-25(35-6)13-15-26/h8-18,21,29H,7,19H2,1-6H3. The van der Waals surface area contributed by atoms with E-state index in [-0.39, 0.29) is 16.8 Å². The van der Waals surface area contributed by atoms with Crippen LogP contribution in [0.4, 0.5) is 11.4 Å². The van der Waals surface area contributed by atoms with Crippen molar-refractivity contribution in [1.82, 2.24) is 4.90 Å². The van der Waals surface area contributed by atoms with Crippen molar-refractivity contribution in [2.45, 2.75) is 44.7 Å². The van der Waals surface area contributed by atoms with Gasteiger partial charge in [-0.3, -0.25) is 9.52 Å². The van der Waals surface area contributed by atoms with Gasteiger partial charge in [-0.1, -0.05) is 24.6 Å². The molecule has 0 aliphatic heterocycles. The van der Waals surface area contributed by atoms with Crippen LogP contribution in [0.1, 0.15) is 41.8 Å². The van der Waals surface area contributed by atoms with Gasteiger partial charge in [-0.25, -0.2) is 8.42 Å². The topological polar surface area (TPSA) is 79.0 Å². The van der Waals surface area contributed by atoms with Crippen molar-refractivity contribution in [2.24, 2.45) is 0 Å². The van der Waals surface area contributed by atoms with Crippen LogP contribution in [0.25, 0.3) is 0 Å². The molecule has 3 aromatic carbocycles. The highest BCUT2D eigenvalue weighted by atomic mass is 32.2. The van der Waals surface area contributed by atoms with Crippen molar-refractivity contribution in [1.29, 1.82) is 0 Å². The van der Waals surface area contributed by atoms with Gasteiger partial charge in [0, 0.05) is 43.6 Å². The number of sulfonamides is 1. The minimum absolute atomic E-state index is 0.00679. The molecule has 0 spiro atoms. The number of anilines is 2. The van der Waals surface area contributed by atoms with E-state index >= 15 is 0 Å².